The molecule has 0 radical (unpaired) electrons. The topological polar surface area (TPSA) is 50.2 Å². The van der Waals surface area contributed by atoms with Crippen LogP contribution in [0.3, 0.4) is 0 Å². The lowest BCUT2D eigenvalue weighted by Crippen LogP contribution is -2.34. The SMILES string of the molecule is O=C(NCc1ccnc(Cl)c1)n1c2c(c3ccc(Cl)cc31)CN(C/C=C/c1ccc(F)cc1F)CC2. The first-order chi connectivity index (χ1) is 17.4. The summed E-state index contributed by atoms with van der Waals surface area (Å²) in [5.74, 6) is -1.19. The molecule has 2 aromatic heterocycles. The minimum absolute atomic E-state index is 0.239. The third-order valence-corrected chi connectivity index (χ3v) is 6.69. The van der Waals surface area contributed by atoms with E-state index in [1.54, 1.807) is 35.0 Å². The van der Waals surface area contributed by atoms with E-state index in [9.17, 15) is 13.6 Å². The second-order valence-electron chi connectivity index (χ2n) is 8.62. The maximum absolute atomic E-state index is 13.9. The number of rotatable bonds is 5. The van der Waals surface area contributed by atoms with E-state index in [0.717, 1.165) is 40.3 Å². The predicted molar refractivity (Wildman–Crippen MR) is 138 cm³/mol. The van der Waals surface area contributed by atoms with Gasteiger partial charge < -0.3 is 5.32 Å². The van der Waals surface area contributed by atoms with Crippen molar-refractivity contribution in [3.63, 3.8) is 0 Å². The van der Waals surface area contributed by atoms with Crippen molar-refractivity contribution in [1.29, 1.82) is 0 Å². The maximum atomic E-state index is 13.9. The molecule has 0 unspecified atom stereocenters. The number of halogens is 4. The van der Waals surface area contributed by atoms with Gasteiger partial charge in [0.05, 0.1) is 5.52 Å². The summed E-state index contributed by atoms with van der Waals surface area (Å²) >= 11 is 12.2. The second kappa shape index (κ2) is 10.4. The van der Waals surface area contributed by atoms with Gasteiger partial charge in [0.25, 0.3) is 0 Å². The van der Waals surface area contributed by atoms with E-state index >= 15 is 0 Å². The zero-order valence-electron chi connectivity index (χ0n) is 19.1. The molecule has 0 saturated carbocycles. The number of hydrogen-bond acceptors (Lipinski definition) is 3. The van der Waals surface area contributed by atoms with Crippen molar-refractivity contribution in [1.82, 2.24) is 19.8 Å². The van der Waals surface area contributed by atoms with Gasteiger partial charge in [-0.25, -0.2) is 18.6 Å². The van der Waals surface area contributed by atoms with Crippen LogP contribution in [0.1, 0.15) is 22.4 Å². The number of nitrogens with one attached hydrogen (secondary N) is 1. The fraction of sp³-hybridized carbons (Fsp3) is 0.185. The van der Waals surface area contributed by atoms with Crippen molar-refractivity contribution in [3.05, 3.63) is 105 Å². The summed E-state index contributed by atoms with van der Waals surface area (Å²) in [5, 5.41) is 4.86. The molecule has 0 spiro atoms. The molecule has 2 aromatic carbocycles. The number of aromatic nitrogens is 2. The lowest BCUT2D eigenvalue weighted by Gasteiger charge is -2.27. The lowest BCUT2D eigenvalue weighted by molar-refractivity contribution is 0.240. The molecule has 1 N–H and O–H groups in total. The third-order valence-electron chi connectivity index (χ3n) is 6.25. The summed E-state index contributed by atoms with van der Waals surface area (Å²) in [5.41, 5.74) is 3.96. The quantitative estimate of drug-likeness (QED) is 0.304. The smallest absolute Gasteiger partial charge is 0.326 e. The standard InChI is InChI=1S/C27H22Cl2F2N4O/c28-19-4-6-21-22-16-34(10-1-2-18-3-5-20(30)14-23(18)31)11-8-24(22)35(25(21)13-19)27(36)33-15-17-7-9-32-26(29)12-17/h1-7,9,12-14H,8,10-11,15-16H2,(H,33,36)/b2-1+. The van der Waals surface area contributed by atoms with E-state index in [1.165, 1.54) is 12.1 Å². The molecule has 0 saturated heterocycles. The zero-order valence-corrected chi connectivity index (χ0v) is 20.7. The number of fused-ring (bicyclic) bond motifs is 3. The Kier molecular flexibility index (Phi) is 7.05. The van der Waals surface area contributed by atoms with Crippen LogP contribution in [-0.2, 0) is 19.5 Å². The summed E-state index contributed by atoms with van der Waals surface area (Å²) < 4.78 is 28.8. The van der Waals surface area contributed by atoms with Crippen LogP contribution in [0.5, 0.6) is 0 Å². The first kappa shape index (κ1) is 24.4. The summed E-state index contributed by atoms with van der Waals surface area (Å²) in [7, 11) is 0. The van der Waals surface area contributed by atoms with E-state index in [0.29, 0.717) is 41.8 Å². The van der Waals surface area contributed by atoms with Crippen LogP contribution in [0.15, 0.2) is 60.8 Å². The van der Waals surface area contributed by atoms with Crippen LogP contribution in [0.2, 0.25) is 10.2 Å². The Morgan fingerprint density at radius 3 is 2.78 bits per heavy atom. The van der Waals surface area contributed by atoms with Crippen LogP contribution in [-0.4, -0.2) is 33.6 Å². The van der Waals surface area contributed by atoms with Crippen LogP contribution in [0.4, 0.5) is 13.6 Å². The molecule has 1 amide bonds. The van der Waals surface area contributed by atoms with Crippen molar-refractivity contribution in [2.45, 2.75) is 19.5 Å². The summed E-state index contributed by atoms with van der Waals surface area (Å²) in [4.78, 5) is 19.5. The number of benzene rings is 2. The minimum atomic E-state index is -0.599. The lowest BCUT2D eigenvalue weighted by atomic mass is 10.0. The number of carbonyl (C=O) groups is 1. The van der Waals surface area contributed by atoms with E-state index in [1.807, 2.05) is 18.2 Å². The predicted octanol–water partition coefficient (Wildman–Crippen LogP) is 6.45. The van der Waals surface area contributed by atoms with Gasteiger partial charge >= 0.3 is 6.03 Å². The molecule has 0 fully saturated rings. The Morgan fingerprint density at radius 2 is 1.97 bits per heavy atom. The van der Waals surface area contributed by atoms with Crippen LogP contribution >= 0.6 is 23.2 Å². The average Bonchev–Trinajstić information content (AvgIpc) is 3.16. The molecule has 5 nitrogen and oxygen atoms in total. The van der Waals surface area contributed by atoms with Gasteiger partial charge in [0.2, 0.25) is 0 Å². The second-order valence-corrected chi connectivity index (χ2v) is 9.44. The molecule has 1 aliphatic heterocycles. The van der Waals surface area contributed by atoms with E-state index in [-0.39, 0.29) is 6.03 Å². The summed E-state index contributed by atoms with van der Waals surface area (Å²) in [6.45, 7) is 2.25. The highest BCUT2D eigenvalue weighted by molar-refractivity contribution is 6.31. The number of nitrogens with zero attached hydrogens (tertiary/aromatic N) is 3. The van der Waals surface area contributed by atoms with Gasteiger partial charge in [-0.2, -0.15) is 0 Å². The van der Waals surface area contributed by atoms with Crippen LogP contribution < -0.4 is 5.32 Å². The highest BCUT2D eigenvalue weighted by Gasteiger charge is 2.26. The Labute approximate surface area is 216 Å². The van der Waals surface area contributed by atoms with Gasteiger partial charge in [0, 0.05) is 66.5 Å². The Hall–Kier alpha value is -3.26. The van der Waals surface area contributed by atoms with Crippen molar-refractivity contribution >= 4 is 46.2 Å². The summed E-state index contributed by atoms with van der Waals surface area (Å²) in [6.07, 6.45) is 5.79. The van der Waals surface area contributed by atoms with Crippen molar-refractivity contribution in [2.75, 3.05) is 13.1 Å². The number of amides is 1. The number of pyridine rings is 1. The Bertz CT molecular complexity index is 1480. The van der Waals surface area contributed by atoms with E-state index < -0.39 is 11.6 Å². The minimum Gasteiger partial charge on any atom is -0.333 e. The molecule has 5 rings (SSSR count). The average molecular weight is 527 g/mol. The molecule has 4 aromatic rings. The normalized spacial score (nSPS) is 13.9. The number of carbonyl (C=O) groups excluding carboxylic acids is 1. The van der Waals surface area contributed by atoms with Gasteiger partial charge in [-0.15, -0.1) is 0 Å². The van der Waals surface area contributed by atoms with Crippen molar-refractivity contribution in [2.24, 2.45) is 0 Å². The first-order valence-corrected chi connectivity index (χ1v) is 12.2. The largest absolute Gasteiger partial charge is 0.333 e. The molecule has 9 heteroatoms. The highest BCUT2D eigenvalue weighted by atomic mass is 35.5. The first-order valence-electron chi connectivity index (χ1n) is 11.4. The molecule has 36 heavy (non-hydrogen) atoms. The molecule has 3 heterocycles. The molecular formula is C27H22Cl2F2N4O. The zero-order chi connectivity index (χ0) is 25.2. The fourth-order valence-electron chi connectivity index (χ4n) is 4.55. The molecule has 184 valence electrons. The van der Waals surface area contributed by atoms with Crippen molar-refractivity contribution < 1.29 is 13.6 Å². The Balaban J connectivity index is 1.37. The number of hydrogen-bond donors (Lipinski definition) is 1. The van der Waals surface area contributed by atoms with Crippen LogP contribution in [0.25, 0.3) is 17.0 Å². The third kappa shape index (κ3) is 5.14. The molecule has 1 aliphatic rings. The van der Waals surface area contributed by atoms with Gasteiger partial charge in [-0.05, 0) is 47.5 Å². The van der Waals surface area contributed by atoms with Gasteiger partial charge in [0.1, 0.15) is 16.8 Å². The van der Waals surface area contributed by atoms with Crippen molar-refractivity contribution in [3.8, 4) is 0 Å². The molecule has 0 aliphatic carbocycles. The highest BCUT2D eigenvalue weighted by Crippen LogP contribution is 2.32. The van der Waals surface area contributed by atoms with E-state index in [2.05, 4.69) is 15.2 Å². The fourth-order valence-corrected chi connectivity index (χ4v) is 4.91. The Morgan fingerprint density at radius 1 is 1.11 bits per heavy atom. The van der Waals surface area contributed by atoms with E-state index in [4.69, 9.17) is 23.2 Å². The maximum Gasteiger partial charge on any atom is 0.326 e. The monoisotopic (exact) mass is 526 g/mol. The van der Waals surface area contributed by atoms with Gasteiger partial charge in [-0.3, -0.25) is 9.47 Å². The molecular weight excluding hydrogens is 505 g/mol. The molecule has 0 atom stereocenters. The van der Waals surface area contributed by atoms with Gasteiger partial charge in [0.15, 0.2) is 0 Å². The summed E-state index contributed by atoms with van der Waals surface area (Å²) in [6, 6.07) is 12.4. The molecule has 0 bridgehead atoms. The van der Waals surface area contributed by atoms with Crippen LogP contribution in [0, 0.1) is 11.6 Å². The van der Waals surface area contributed by atoms with Gasteiger partial charge in [-0.1, -0.05) is 41.4 Å².